The second-order valence-corrected chi connectivity index (χ2v) is 6.96. The molecule has 0 fully saturated rings. The van der Waals surface area contributed by atoms with Gasteiger partial charge < -0.3 is 52.1 Å². The molecule has 0 saturated carbocycles. The van der Waals surface area contributed by atoms with E-state index in [9.17, 15) is 0 Å². The van der Waals surface area contributed by atoms with Crippen molar-refractivity contribution in [3.05, 3.63) is 0 Å². The molecule has 0 aromatic rings. The lowest BCUT2D eigenvalue weighted by Gasteiger charge is -2.09. The Morgan fingerprint density at radius 1 is 0.333 bits per heavy atom. The summed E-state index contributed by atoms with van der Waals surface area (Å²) in [6.45, 7) is 13.6. The van der Waals surface area contributed by atoms with Crippen LogP contribution in [0.1, 0.15) is 6.92 Å². The molecule has 36 heavy (non-hydrogen) atoms. The predicted molar refractivity (Wildman–Crippen MR) is 134 cm³/mol. The van der Waals surface area contributed by atoms with Gasteiger partial charge in [-0.1, -0.05) is 5.92 Å². The molecule has 0 radical (unpaired) electrons. The van der Waals surface area contributed by atoms with Gasteiger partial charge in [0.05, 0.1) is 132 Å². The van der Waals surface area contributed by atoms with Gasteiger partial charge in [0.2, 0.25) is 0 Å². The highest BCUT2D eigenvalue weighted by Crippen LogP contribution is 1.86. The Hall–Kier alpha value is -0.880. The molecule has 0 atom stereocenters. The van der Waals surface area contributed by atoms with Gasteiger partial charge in [-0.25, -0.2) is 0 Å². The second-order valence-electron chi connectivity index (χ2n) is 6.96. The molecule has 0 bridgehead atoms. The number of rotatable bonds is 32. The van der Waals surface area contributed by atoms with Crippen LogP contribution >= 0.6 is 0 Å². The molecule has 0 unspecified atom stereocenters. The van der Waals surface area contributed by atoms with Crippen LogP contribution in [0.2, 0.25) is 0 Å². The van der Waals surface area contributed by atoms with E-state index in [0.29, 0.717) is 145 Å². The summed E-state index contributed by atoms with van der Waals surface area (Å²) in [5.41, 5.74) is 0. The van der Waals surface area contributed by atoms with Gasteiger partial charge in [0.25, 0.3) is 0 Å². The minimum Gasteiger partial charge on any atom is -0.379 e. The molecule has 0 rings (SSSR count). The maximum absolute atomic E-state index is 5.45. The van der Waals surface area contributed by atoms with E-state index in [0.717, 1.165) is 0 Å². The molecular formula is C25H48O11. The van der Waals surface area contributed by atoms with Crippen LogP contribution in [0.25, 0.3) is 0 Å². The maximum Gasteiger partial charge on any atom is 0.107 e. The van der Waals surface area contributed by atoms with Crippen LogP contribution in [-0.4, -0.2) is 145 Å². The normalized spacial score (nSPS) is 11.2. The van der Waals surface area contributed by atoms with Crippen molar-refractivity contribution in [1.82, 2.24) is 0 Å². The summed E-state index contributed by atoms with van der Waals surface area (Å²) in [6, 6.07) is 0. The lowest BCUT2D eigenvalue weighted by atomic mass is 10.6. The number of hydrogen-bond acceptors (Lipinski definition) is 11. The van der Waals surface area contributed by atoms with Crippen molar-refractivity contribution in [2.24, 2.45) is 0 Å². The number of ether oxygens (including phenoxy) is 11. The van der Waals surface area contributed by atoms with E-state index in [-0.39, 0.29) is 0 Å². The van der Waals surface area contributed by atoms with Crippen LogP contribution < -0.4 is 0 Å². The lowest BCUT2D eigenvalue weighted by molar-refractivity contribution is -0.0271. The first kappa shape index (κ1) is 35.1. The fourth-order valence-corrected chi connectivity index (χ4v) is 2.37. The first-order chi connectivity index (χ1) is 17.9. The second kappa shape index (κ2) is 34.1. The van der Waals surface area contributed by atoms with E-state index < -0.39 is 0 Å². The molecule has 0 aliphatic rings. The Labute approximate surface area is 217 Å². The highest BCUT2D eigenvalue weighted by atomic mass is 16.6. The smallest absolute Gasteiger partial charge is 0.107 e. The third kappa shape index (κ3) is 33.1. The van der Waals surface area contributed by atoms with Crippen molar-refractivity contribution in [2.75, 3.05) is 145 Å². The Bertz CT molecular complexity index is 435. The zero-order valence-corrected chi connectivity index (χ0v) is 22.1. The Kier molecular flexibility index (Phi) is 33.3. The van der Waals surface area contributed by atoms with Crippen LogP contribution in [-0.2, 0) is 52.1 Å². The fourth-order valence-electron chi connectivity index (χ4n) is 2.37. The highest BCUT2D eigenvalue weighted by molar-refractivity contribution is 4.82. The summed E-state index contributed by atoms with van der Waals surface area (Å²) in [7, 11) is 0. The summed E-state index contributed by atoms with van der Waals surface area (Å²) >= 11 is 0. The Balaban J connectivity index is 3.01. The van der Waals surface area contributed by atoms with Crippen LogP contribution in [0.3, 0.4) is 0 Å². The highest BCUT2D eigenvalue weighted by Gasteiger charge is 1.96. The molecule has 214 valence electrons. The average molecular weight is 525 g/mol. The molecule has 11 nitrogen and oxygen atoms in total. The standard InChI is InChI=1S/C25H48O11/c1-3-5-27-8-9-29-12-13-31-16-17-33-20-21-35-24-25-36-23-22-34-19-18-32-15-14-30-11-10-28-7-6-26-4-2/h1H,4-25H2,2H3. The van der Waals surface area contributed by atoms with Gasteiger partial charge in [0.1, 0.15) is 6.61 Å². The van der Waals surface area contributed by atoms with Crippen molar-refractivity contribution < 1.29 is 52.1 Å². The molecule has 0 aromatic heterocycles. The fraction of sp³-hybridized carbons (Fsp3) is 0.920. The molecule has 0 spiro atoms. The third-order valence-corrected chi connectivity index (χ3v) is 4.11. The SMILES string of the molecule is C#CCOCCOCCOCCOCCOCCOCCOCCOCCOCCOCCOCC. The minimum absolute atomic E-state index is 0.311. The largest absolute Gasteiger partial charge is 0.379 e. The summed E-state index contributed by atoms with van der Waals surface area (Å²) in [6.07, 6.45) is 5.07. The molecule has 0 saturated heterocycles. The van der Waals surface area contributed by atoms with E-state index in [1.165, 1.54) is 0 Å². The molecule has 0 heterocycles. The van der Waals surface area contributed by atoms with E-state index in [1.807, 2.05) is 6.92 Å². The third-order valence-electron chi connectivity index (χ3n) is 4.11. The number of hydrogen-bond donors (Lipinski definition) is 0. The van der Waals surface area contributed by atoms with Gasteiger partial charge in [-0.2, -0.15) is 0 Å². The van der Waals surface area contributed by atoms with Crippen LogP contribution in [0.15, 0.2) is 0 Å². The Morgan fingerprint density at radius 2 is 0.528 bits per heavy atom. The topological polar surface area (TPSA) is 102 Å². The molecular weight excluding hydrogens is 476 g/mol. The molecule has 0 amide bonds. The maximum atomic E-state index is 5.45. The first-order valence-corrected chi connectivity index (χ1v) is 12.7. The van der Waals surface area contributed by atoms with E-state index >= 15 is 0 Å². The summed E-state index contributed by atoms with van der Waals surface area (Å²) < 4.78 is 58.9. The lowest BCUT2D eigenvalue weighted by Crippen LogP contribution is -2.15. The van der Waals surface area contributed by atoms with Gasteiger partial charge in [-0.05, 0) is 6.92 Å². The first-order valence-electron chi connectivity index (χ1n) is 12.7. The summed E-state index contributed by atoms with van der Waals surface area (Å²) in [5, 5.41) is 0. The molecule has 0 aliphatic heterocycles. The average Bonchev–Trinajstić information content (AvgIpc) is 2.89. The Morgan fingerprint density at radius 3 is 0.722 bits per heavy atom. The number of terminal acetylenes is 1. The van der Waals surface area contributed by atoms with Gasteiger partial charge in [-0.3, -0.25) is 0 Å². The molecule has 11 heteroatoms. The summed E-state index contributed by atoms with van der Waals surface area (Å²) in [4.78, 5) is 0. The van der Waals surface area contributed by atoms with Crippen molar-refractivity contribution in [3.8, 4) is 12.3 Å². The quantitative estimate of drug-likeness (QED) is 0.0923. The zero-order valence-electron chi connectivity index (χ0n) is 22.1. The van der Waals surface area contributed by atoms with Crippen molar-refractivity contribution >= 4 is 0 Å². The van der Waals surface area contributed by atoms with Crippen LogP contribution in [0, 0.1) is 12.3 Å². The van der Waals surface area contributed by atoms with Crippen LogP contribution in [0.5, 0.6) is 0 Å². The van der Waals surface area contributed by atoms with E-state index in [4.69, 9.17) is 58.5 Å². The predicted octanol–water partition coefficient (Wildman–Crippen LogP) is 0.822. The van der Waals surface area contributed by atoms with Gasteiger partial charge in [0.15, 0.2) is 0 Å². The van der Waals surface area contributed by atoms with E-state index in [2.05, 4.69) is 5.92 Å². The monoisotopic (exact) mass is 524 g/mol. The summed E-state index contributed by atoms with van der Waals surface area (Å²) in [5.74, 6) is 2.40. The zero-order chi connectivity index (χ0) is 26.0. The van der Waals surface area contributed by atoms with Crippen LogP contribution in [0.4, 0.5) is 0 Å². The van der Waals surface area contributed by atoms with Gasteiger partial charge in [-0.15, -0.1) is 6.42 Å². The van der Waals surface area contributed by atoms with Crippen molar-refractivity contribution in [2.45, 2.75) is 6.92 Å². The van der Waals surface area contributed by atoms with Gasteiger partial charge in [0, 0.05) is 6.61 Å². The molecule has 0 aliphatic carbocycles. The molecule has 0 N–H and O–H groups in total. The van der Waals surface area contributed by atoms with E-state index in [1.54, 1.807) is 0 Å². The van der Waals surface area contributed by atoms with Crippen molar-refractivity contribution in [1.29, 1.82) is 0 Å². The molecule has 0 aromatic carbocycles. The minimum atomic E-state index is 0.311. The van der Waals surface area contributed by atoms with Gasteiger partial charge >= 0.3 is 0 Å². The van der Waals surface area contributed by atoms with Crippen molar-refractivity contribution in [3.63, 3.8) is 0 Å².